The predicted molar refractivity (Wildman–Crippen MR) is 95.7 cm³/mol. The van der Waals surface area contributed by atoms with E-state index in [1.54, 1.807) is 18.5 Å². The monoisotopic (exact) mass is 318 g/mol. The van der Waals surface area contributed by atoms with Gasteiger partial charge in [-0.3, -0.25) is 4.79 Å². The summed E-state index contributed by atoms with van der Waals surface area (Å²) in [5.41, 5.74) is 4.25. The molecule has 0 fully saturated rings. The second-order valence-corrected chi connectivity index (χ2v) is 5.53. The number of benzene rings is 2. The molecule has 0 aliphatic rings. The van der Waals surface area contributed by atoms with Crippen LogP contribution in [0.2, 0.25) is 0 Å². The second-order valence-electron chi connectivity index (χ2n) is 5.53. The van der Waals surface area contributed by atoms with E-state index in [4.69, 9.17) is 0 Å². The van der Waals surface area contributed by atoms with Crippen molar-refractivity contribution in [2.75, 3.05) is 17.3 Å². The minimum absolute atomic E-state index is 0.124. The molecule has 1 amide bonds. The Bertz CT molecular complexity index is 849. The largest absolute Gasteiger partial charge is 0.342 e. The van der Waals surface area contributed by atoms with E-state index in [1.807, 2.05) is 61.3 Å². The fourth-order valence-electron chi connectivity index (χ4n) is 2.40. The van der Waals surface area contributed by atoms with Crippen LogP contribution in [0.1, 0.15) is 15.9 Å². The molecule has 0 saturated carbocycles. The molecule has 0 spiro atoms. The van der Waals surface area contributed by atoms with Crippen LogP contribution < -0.4 is 10.2 Å². The summed E-state index contributed by atoms with van der Waals surface area (Å²) in [4.78, 5) is 22.4. The summed E-state index contributed by atoms with van der Waals surface area (Å²) < 4.78 is 0. The van der Waals surface area contributed by atoms with Crippen molar-refractivity contribution in [3.8, 4) is 0 Å². The number of nitrogens with one attached hydrogen (secondary N) is 1. The van der Waals surface area contributed by atoms with E-state index in [0.29, 0.717) is 5.56 Å². The highest BCUT2D eigenvalue weighted by molar-refractivity contribution is 6.04. The minimum Gasteiger partial charge on any atom is -0.342 e. The number of rotatable bonds is 4. The number of carbonyl (C=O) groups excluding carboxylic acids is 1. The van der Waals surface area contributed by atoms with Crippen LogP contribution in [0.3, 0.4) is 0 Å². The summed E-state index contributed by atoms with van der Waals surface area (Å²) >= 11 is 0. The third-order valence-electron chi connectivity index (χ3n) is 3.71. The van der Waals surface area contributed by atoms with Gasteiger partial charge in [0.25, 0.3) is 5.91 Å². The van der Waals surface area contributed by atoms with E-state index >= 15 is 0 Å². The molecule has 2 aromatic carbocycles. The van der Waals surface area contributed by atoms with Crippen molar-refractivity contribution in [2.24, 2.45) is 0 Å². The van der Waals surface area contributed by atoms with Gasteiger partial charge < -0.3 is 10.2 Å². The van der Waals surface area contributed by atoms with E-state index in [1.165, 1.54) is 6.33 Å². The first-order chi connectivity index (χ1) is 11.6. The summed E-state index contributed by atoms with van der Waals surface area (Å²) in [6.07, 6.45) is 4.98. The smallest absolute Gasteiger partial charge is 0.255 e. The number of hydrogen-bond acceptors (Lipinski definition) is 4. The van der Waals surface area contributed by atoms with Crippen LogP contribution >= 0.6 is 0 Å². The topological polar surface area (TPSA) is 58.1 Å². The average molecular weight is 318 g/mol. The van der Waals surface area contributed by atoms with Gasteiger partial charge in [-0.25, -0.2) is 9.97 Å². The molecular formula is C19H18N4O. The Morgan fingerprint density at radius 1 is 1.00 bits per heavy atom. The van der Waals surface area contributed by atoms with Crippen molar-refractivity contribution in [3.05, 3.63) is 78.4 Å². The highest BCUT2D eigenvalue weighted by Gasteiger charge is 2.09. The third-order valence-corrected chi connectivity index (χ3v) is 3.71. The van der Waals surface area contributed by atoms with Gasteiger partial charge in [-0.05, 0) is 37.3 Å². The van der Waals surface area contributed by atoms with Gasteiger partial charge in [0.2, 0.25) is 0 Å². The lowest BCUT2D eigenvalue weighted by Crippen LogP contribution is -2.13. The molecule has 0 aliphatic carbocycles. The van der Waals surface area contributed by atoms with Gasteiger partial charge in [-0.2, -0.15) is 0 Å². The lowest BCUT2D eigenvalue weighted by Gasteiger charge is -2.19. The number of aryl methyl sites for hydroxylation is 1. The molecule has 1 N–H and O–H groups in total. The number of carbonyl (C=O) groups is 1. The lowest BCUT2D eigenvalue weighted by atomic mass is 10.1. The van der Waals surface area contributed by atoms with Crippen molar-refractivity contribution >= 4 is 23.0 Å². The molecular weight excluding hydrogens is 300 g/mol. The fourth-order valence-corrected chi connectivity index (χ4v) is 2.40. The van der Waals surface area contributed by atoms with Crippen LogP contribution in [0, 0.1) is 6.92 Å². The number of anilines is 3. The van der Waals surface area contributed by atoms with Crippen LogP contribution in [-0.2, 0) is 0 Å². The molecule has 0 atom stereocenters. The molecule has 0 saturated heterocycles. The normalized spacial score (nSPS) is 10.2. The zero-order valence-corrected chi connectivity index (χ0v) is 13.6. The Balaban J connectivity index is 1.79. The molecule has 120 valence electrons. The van der Waals surface area contributed by atoms with Crippen molar-refractivity contribution in [2.45, 2.75) is 6.92 Å². The molecule has 3 aromatic rings. The number of aromatic nitrogens is 2. The predicted octanol–water partition coefficient (Wildman–Crippen LogP) is 3.81. The summed E-state index contributed by atoms with van der Waals surface area (Å²) in [6.45, 7) is 1.97. The quantitative estimate of drug-likeness (QED) is 0.795. The first-order valence-corrected chi connectivity index (χ1v) is 7.60. The second kappa shape index (κ2) is 6.91. The van der Waals surface area contributed by atoms with Crippen LogP contribution in [0.4, 0.5) is 17.1 Å². The molecule has 0 unspecified atom stereocenters. The van der Waals surface area contributed by atoms with Gasteiger partial charge in [0.1, 0.15) is 6.33 Å². The summed E-state index contributed by atoms with van der Waals surface area (Å²) in [6, 6.07) is 15.2. The van der Waals surface area contributed by atoms with E-state index in [9.17, 15) is 4.79 Å². The molecule has 0 radical (unpaired) electrons. The maximum Gasteiger partial charge on any atom is 0.255 e. The van der Waals surface area contributed by atoms with Crippen LogP contribution in [0.5, 0.6) is 0 Å². The van der Waals surface area contributed by atoms with Crippen molar-refractivity contribution in [1.29, 1.82) is 0 Å². The van der Waals surface area contributed by atoms with Gasteiger partial charge in [0.05, 0.1) is 18.1 Å². The molecule has 24 heavy (non-hydrogen) atoms. The van der Waals surface area contributed by atoms with E-state index in [0.717, 1.165) is 22.6 Å². The maximum absolute atomic E-state index is 12.4. The van der Waals surface area contributed by atoms with Gasteiger partial charge in [0, 0.05) is 24.0 Å². The molecule has 1 aromatic heterocycles. The van der Waals surface area contributed by atoms with Gasteiger partial charge in [0.15, 0.2) is 0 Å². The first kappa shape index (κ1) is 15.7. The first-order valence-electron chi connectivity index (χ1n) is 7.60. The van der Waals surface area contributed by atoms with Gasteiger partial charge in [-0.1, -0.05) is 23.8 Å². The van der Waals surface area contributed by atoms with Crippen LogP contribution in [-0.4, -0.2) is 22.9 Å². The molecule has 5 nitrogen and oxygen atoms in total. The summed E-state index contributed by atoms with van der Waals surface area (Å²) in [5, 5.41) is 2.94. The van der Waals surface area contributed by atoms with Gasteiger partial charge in [-0.15, -0.1) is 0 Å². The van der Waals surface area contributed by atoms with Crippen LogP contribution in [0.25, 0.3) is 0 Å². The maximum atomic E-state index is 12.4. The van der Waals surface area contributed by atoms with Crippen molar-refractivity contribution in [1.82, 2.24) is 9.97 Å². The summed E-state index contributed by atoms with van der Waals surface area (Å²) in [7, 11) is 1.93. The van der Waals surface area contributed by atoms with E-state index in [2.05, 4.69) is 15.3 Å². The fraction of sp³-hybridized carbons (Fsp3) is 0.105. The van der Waals surface area contributed by atoms with E-state index in [-0.39, 0.29) is 5.91 Å². The van der Waals surface area contributed by atoms with Crippen molar-refractivity contribution in [3.63, 3.8) is 0 Å². The van der Waals surface area contributed by atoms with Crippen LogP contribution in [0.15, 0.2) is 67.3 Å². The molecule has 1 heterocycles. The molecule has 0 bridgehead atoms. The Kier molecular flexibility index (Phi) is 4.52. The van der Waals surface area contributed by atoms with Gasteiger partial charge >= 0.3 is 0 Å². The summed E-state index contributed by atoms with van der Waals surface area (Å²) in [5.74, 6) is -0.124. The van der Waals surface area contributed by atoms with E-state index < -0.39 is 0 Å². The highest BCUT2D eigenvalue weighted by atomic mass is 16.1. The highest BCUT2D eigenvalue weighted by Crippen LogP contribution is 2.25. The number of amides is 1. The SMILES string of the molecule is Cc1cccc(C(=O)Nc2cccc(N(C)c3cncnc3)c2)c1. The molecule has 3 rings (SSSR count). The molecule has 5 heteroatoms. The average Bonchev–Trinajstić information content (AvgIpc) is 2.62. The third kappa shape index (κ3) is 3.57. The Hall–Kier alpha value is -3.21. The Morgan fingerprint density at radius 2 is 1.75 bits per heavy atom. The number of hydrogen-bond donors (Lipinski definition) is 1. The molecule has 0 aliphatic heterocycles. The lowest BCUT2D eigenvalue weighted by molar-refractivity contribution is 0.102. The Morgan fingerprint density at radius 3 is 2.50 bits per heavy atom. The zero-order chi connectivity index (χ0) is 16.9. The van der Waals surface area contributed by atoms with Crippen molar-refractivity contribution < 1.29 is 4.79 Å². The number of nitrogens with zero attached hydrogens (tertiary/aromatic N) is 3. The zero-order valence-electron chi connectivity index (χ0n) is 13.6. The Labute approximate surface area is 141 Å². The minimum atomic E-state index is -0.124. The standard InChI is InChI=1S/C19H18N4O/c1-14-5-3-6-15(9-14)19(24)22-16-7-4-8-17(10-16)23(2)18-11-20-13-21-12-18/h3-13H,1-2H3,(H,22,24).